The van der Waals surface area contributed by atoms with Gasteiger partial charge in [0.05, 0.1) is 17.7 Å². The van der Waals surface area contributed by atoms with E-state index in [9.17, 15) is 4.79 Å². The van der Waals surface area contributed by atoms with Gasteiger partial charge in [-0.1, -0.05) is 24.3 Å². The Labute approximate surface area is 164 Å². The highest BCUT2D eigenvalue weighted by Gasteiger charge is 2.20. The molecule has 1 aliphatic rings. The molecule has 1 fully saturated rings. The van der Waals surface area contributed by atoms with Gasteiger partial charge in [-0.15, -0.1) is 23.5 Å². The molecule has 0 spiro atoms. The molecule has 1 amide bonds. The van der Waals surface area contributed by atoms with Gasteiger partial charge < -0.3 is 9.64 Å². The molecule has 26 heavy (non-hydrogen) atoms. The second kappa shape index (κ2) is 8.87. The lowest BCUT2D eigenvalue weighted by molar-refractivity contribution is 0.0742. The van der Waals surface area contributed by atoms with Crippen molar-refractivity contribution >= 4 is 29.4 Å². The molecule has 0 bridgehead atoms. The molecule has 3 nitrogen and oxygen atoms in total. The number of thioether (sulfide) groups is 2. The number of nitrogens with zero attached hydrogens (tertiary/aromatic N) is 1. The van der Waals surface area contributed by atoms with E-state index in [2.05, 4.69) is 12.1 Å². The van der Waals surface area contributed by atoms with Crippen LogP contribution < -0.4 is 4.74 Å². The molecule has 1 atom stereocenters. The molecule has 1 saturated heterocycles. The first kappa shape index (κ1) is 19.2. The minimum absolute atomic E-state index is 0.00228. The highest BCUT2D eigenvalue weighted by Crippen LogP contribution is 2.43. The second-order valence-electron chi connectivity index (χ2n) is 6.41. The van der Waals surface area contributed by atoms with Crippen LogP contribution in [-0.2, 0) is 0 Å². The molecule has 0 aliphatic carbocycles. The van der Waals surface area contributed by atoms with Crippen molar-refractivity contribution in [2.24, 2.45) is 0 Å². The van der Waals surface area contributed by atoms with E-state index in [1.807, 2.05) is 73.9 Å². The smallest absolute Gasteiger partial charge is 0.254 e. The number of rotatable bonds is 5. The first-order chi connectivity index (χ1) is 12.6. The minimum Gasteiger partial charge on any atom is -0.497 e. The van der Waals surface area contributed by atoms with Gasteiger partial charge in [-0.2, -0.15) is 0 Å². The van der Waals surface area contributed by atoms with Crippen LogP contribution >= 0.6 is 23.5 Å². The van der Waals surface area contributed by atoms with Crippen molar-refractivity contribution in [3.05, 3.63) is 65.2 Å². The van der Waals surface area contributed by atoms with Crippen LogP contribution in [0.5, 0.6) is 5.75 Å². The lowest BCUT2D eigenvalue weighted by atomic mass is 10.1. The predicted octanol–water partition coefficient (Wildman–Crippen LogP) is 5.40. The number of ether oxygens (including phenoxy) is 1. The summed E-state index contributed by atoms with van der Waals surface area (Å²) in [5.41, 5.74) is 3.14. The van der Waals surface area contributed by atoms with E-state index in [1.165, 1.54) is 23.5 Å². The van der Waals surface area contributed by atoms with E-state index >= 15 is 0 Å². The number of carbonyl (C=O) groups excluding carboxylic acids is 1. The maximum Gasteiger partial charge on any atom is 0.254 e. The summed E-state index contributed by atoms with van der Waals surface area (Å²) in [4.78, 5) is 14.7. The Hall–Kier alpha value is -1.59. The van der Waals surface area contributed by atoms with Crippen molar-refractivity contribution in [1.29, 1.82) is 0 Å². The molecule has 2 aromatic carbocycles. The van der Waals surface area contributed by atoms with E-state index in [0.29, 0.717) is 4.58 Å². The summed E-state index contributed by atoms with van der Waals surface area (Å²) in [5.74, 6) is 3.31. The number of hydrogen-bond donors (Lipinski definition) is 0. The Bertz CT molecular complexity index is 725. The Balaban J connectivity index is 1.68. The van der Waals surface area contributed by atoms with Crippen LogP contribution in [0, 0.1) is 0 Å². The third-order valence-electron chi connectivity index (χ3n) is 4.76. The van der Waals surface area contributed by atoms with Gasteiger partial charge in [0.25, 0.3) is 5.91 Å². The van der Waals surface area contributed by atoms with Gasteiger partial charge in [0.15, 0.2) is 0 Å². The summed E-state index contributed by atoms with van der Waals surface area (Å²) in [5, 5.41) is 0. The minimum atomic E-state index is -0.00228. The number of methoxy groups -OCH3 is 1. The van der Waals surface area contributed by atoms with Crippen molar-refractivity contribution < 1.29 is 9.53 Å². The zero-order valence-electron chi connectivity index (χ0n) is 15.5. The van der Waals surface area contributed by atoms with E-state index in [1.54, 1.807) is 12.0 Å². The maximum absolute atomic E-state index is 12.9. The van der Waals surface area contributed by atoms with Crippen molar-refractivity contribution in [3.8, 4) is 5.75 Å². The summed E-state index contributed by atoms with van der Waals surface area (Å²) in [7, 11) is 3.51. The lowest BCUT2D eigenvalue weighted by Crippen LogP contribution is -2.29. The number of hydrogen-bond acceptors (Lipinski definition) is 4. The van der Waals surface area contributed by atoms with Gasteiger partial charge in [0, 0.05) is 12.6 Å². The molecule has 0 N–H and O–H groups in total. The SMILES string of the molecule is COc1ccc(C(C)N(C)C(=O)c2ccc(C3SCCCS3)cc2)cc1. The molecular formula is C21H25NO2S2. The molecule has 0 aromatic heterocycles. The average molecular weight is 388 g/mol. The molecule has 2 aromatic rings. The highest BCUT2D eigenvalue weighted by atomic mass is 32.2. The van der Waals surface area contributed by atoms with Gasteiger partial charge in [-0.25, -0.2) is 0 Å². The predicted molar refractivity (Wildman–Crippen MR) is 112 cm³/mol. The van der Waals surface area contributed by atoms with Crippen molar-refractivity contribution in [2.45, 2.75) is 24.0 Å². The van der Waals surface area contributed by atoms with Crippen LogP contribution in [0.3, 0.4) is 0 Å². The third kappa shape index (κ3) is 4.38. The molecule has 5 heteroatoms. The van der Waals surface area contributed by atoms with E-state index < -0.39 is 0 Å². The maximum atomic E-state index is 12.9. The normalized spacial score (nSPS) is 16.1. The fourth-order valence-electron chi connectivity index (χ4n) is 2.95. The zero-order valence-corrected chi connectivity index (χ0v) is 17.1. The van der Waals surface area contributed by atoms with Crippen LogP contribution in [0.15, 0.2) is 48.5 Å². The first-order valence-electron chi connectivity index (χ1n) is 8.84. The van der Waals surface area contributed by atoms with Gasteiger partial charge in [-0.05, 0) is 60.2 Å². The van der Waals surface area contributed by atoms with Crippen molar-refractivity contribution in [1.82, 2.24) is 4.90 Å². The number of amides is 1. The van der Waals surface area contributed by atoms with Crippen molar-refractivity contribution in [3.63, 3.8) is 0 Å². The summed E-state index contributed by atoms with van der Waals surface area (Å²) >= 11 is 4.00. The quantitative estimate of drug-likeness (QED) is 0.687. The Morgan fingerprint density at radius 2 is 1.69 bits per heavy atom. The van der Waals surface area contributed by atoms with Crippen LogP contribution in [0.25, 0.3) is 0 Å². The Morgan fingerprint density at radius 3 is 2.27 bits per heavy atom. The fraction of sp³-hybridized carbons (Fsp3) is 0.381. The topological polar surface area (TPSA) is 29.5 Å². The fourth-order valence-corrected chi connectivity index (χ4v) is 5.84. The summed E-state index contributed by atoms with van der Waals surface area (Å²) in [6.45, 7) is 2.05. The van der Waals surface area contributed by atoms with E-state index in [4.69, 9.17) is 4.74 Å². The standard InChI is InChI=1S/C21H25NO2S2/c1-15(16-9-11-19(24-3)12-10-16)22(2)20(23)17-5-7-18(8-6-17)21-25-13-4-14-26-21/h5-12,15,21H,4,13-14H2,1-3H3. The Morgan fingerprint density at radius 1 is 1.08 bits per heavy atom. The highest BCUT2D eigenvalue weighted by molar-refractivity contribution is 8.16. The third-order valence-corrected chi connectivity index (χ3v) is 7.77. The summed E-state index contributed by atoms with van der Waals surface area (Å²) in [6.07, 6.45) is 1.29. The van der Waals surface area contributed by atoms with Crippen LogP contribution in [0.2, 0.25) is 0 Å². The first-order valence-corrected chi connectivity index (χ1v) is 10.9. The molecule has 1 heterocycles. The molecular weight excluding hydrogens is 362 g/mol. The van der Waals surface area contributed by atoms with Gasteiger partial charge in [-0.3, -0.25) is 4.79 Å². The molecule has 1 aliphatic heterocycles. The van der Waals surface area contributed by atoms with E-state index in [0.717, 1.165) is 16.9 Å². The molecule has 138 valence electrons. The van der Waals surface area contributed by atoms with Gasteiger partial charge >= 0.3 is 0 Å². The average Bonchev–Trinajstić information content (AvgIpc) is 2.73. The summed E-state index contributed by atoms with van der Waals surface area (Å²) in [6, 6.07) is 16.0. The van der Waals surface area contributed by atoms with E-state index in [-0.39, 0.29) is 11.9 Å². The molecule has 1 unspecified atom stereocenters. The largest absolute Gasteiger partial charge is 0.497 e. The van der Waals surface area contributed by atoms with Gasteiger partial charge in [0.2, 0.25) is 0 Å². The molecule has 0 saturated carbocycles. The molecule has 0 radical (unpaired) electrons. The number of carbonyl (C=O) groups is 1. The number of benzene rings is 2. The monoisotopic (exact) mass is 387 g/mol. The Kier molecular flexibility index (Phi) is 6.54. The molecule has 3 rings (SSSR count). The lowest BCUT2D eigenvalue weighted by Gasteiger charge is -2.26. The zero-order chi connectivity index (χ0) is 18.5. The summed E-state index contributed by atoms with van der Waals surface area (Å²) < 4.78 is 5.71. The van der Waals surface area contributed by atoms with Crippen LogP contribution in [0.1, 0.15) is 45.5 Å². The van der Waals surface area contributed by atoms with Crippen LogP contribution in [0.4, 0.5) is 0 Å². The van der Waals surface area contributed by atoms with Gasteiger partial charge in [0.1, 0.15) is 5.75 Å². The second-order valence-corrected chi connectivity index (χ2v) is 9.14. The van der Waals surface area contributed by atoms with Crippen LogP contribution in [-0.4, -0.2) is 36.5 Å². The van der Waals surface area contributed by atoms with Crippen molar-refractivity contribution in [2.75, 3.05) is 25.7 Å².